The molecule has 0 aliphatic rings. The second kappa shape index (κ2) is 8.10. The summed E-state index contributed by atoms with van der Waals surface area (Å²) in [6, 6.07) is 20.3. The summed E-state index contributed by atoms with van der Waals surface area (Å²) < 4.78 is 0.871. The highest BCUT2D eigenvalue weighted by Crippen LogP contribution is 2.19. The van der Waals surface area contributed by atoms with Crippen LogP contribution in [0.2, 0.25) is 0 Å². The molecule has 5 heteroatoms. The van der Waals surface area contributed by atoms with E-state index in [1.807, 2.05) is 0 Å². The number of carbonyl (C=O) groups is 3. The Hall–Kier alpha value is -3.05. The van der Waals surface area contributed by atoms with Crippen molar-refractivity contribution in [1.29, 1.82) is 0 Å². The fourth-order valence-corrected chi connectivity index (χ4v) is 2.91. The maximum atomic E-state index is 12.8. The summed E-state index contributed by atoms with van der Waals surface area (Å²) in [6.45, 7) is 1.47. The van der Waals surface area contributed by atoms with Gasteiger partial charge < -0.3 is 5.32 Å². The molecule has 0 fully saturated rings. The van der Waals surface area contributed by atoms with Crippen LogP contribution in [-0.2, 0) is 0 Å². The van der Waals surface area contributed by atoms with Gasteiger partial charge in [0, 0.05) is 26.9 Å². The lowest BCUT2D eigenvalue weighted by Gasteiger charge is -2.10. The largest absolute Gasteiger partial charge is 0.322 e. The van der Waals surface area contributed by atoms with Gasteiger partial charge >= 0.3 is 0 Å². The fraction of sp³-hybridized carbons (Fsp3) is 0.0455. The van der Waals surface area contributed by atoms with Crippen LogP contribution in [0.25, 0.3) is 0 Å². The lowest BCUT2D eigenvalue weighted by molar-refractivity contribution is 0.0995. The minimum Gasteiger partial charge on any atom is -0.322 e. The maximum absolute atomic E-state index is 12.8. The van der Waals surface area contributed by atoms with Gasteiger partial charge in [-0.25, -0.2) is 0 Å². The van der Waals surface area contributed by atoms with E-state index in [0.29, 0.717) is 22.4 Å². The predicted octanol–water partition coefficient (Wildman–Crippen LogP) is 5.14. The lowest BCUT2D eigenvalue weighted by atomic mass is 9.98. The van der Waals surface area contributed by atoms with Crippen LogP contribution < -0.4 is 5.32 Å². The van der Waals surface area contributed by atoms with Crippen molar-refractivity contribution in [2.45, 2.75) is 6.92 Å². The van der Waals surface area contributed by atoms with E-state index in [9.17, 15) is 14.4 Å². The Kier molecular flexibility index (Phi) is 5.62. The molecule has 0 heterocycles. The highest BCUT2D eigenvalue weighted by Gasteiger charge is 2.18. The first-order chi connectivity index (χ1) is 13.0. The molecule has 0 spiro atoms. The summed E-state index contributed by atoms with van der Waals surface area (Å²) >= 11 is 3.34. The predicted molar refractivity (Wildman–Crippen MR) is 108 cm³/mol. The molecule has 0 unspecified atom stereocenters. The average Bonchev–Trinajstić information content (AvgIpc) is 2.68. The molecule has 0 aliphatic carbocycles. The Balaban J connectivity index is 1.90. The molecule has 3 aromatic rings. The third-order valence-corrected chi connectivity index (χ3v) is 4.58. The van der Waals surface area contributed by atoms with Gasteiger partial charge in [-0.2, -0.15) is 0 Å². The Morgan fingerprint density at radius 1 is 0.778 bits per heavy atom. The van der Waals surface area contributed by atoms with E-state index in [1.165, 1.54) is 6.92 Å². The molecule has 27 heavy (non-hydrogen) atoms. The van der Waals surface area contributed by atoms with Crippen molar-refractivity contribution in [3.05, 3.63) is 99.5 Å². The second-order valence-electron chi connectivity index (χ2n) is 5.97. The molecule has 0 bridgehead atoms. The highest BCUT2D eigenvalue weighted by molar-refractivity contribution is 9.10. The first-order valence-electron chi connectivity index (χ1n) is 8.27. The van der Waals surface area contributed by atoms with Crippen LogP contribution in [0.3, 0.4) is 0 Å². The molecule has 1 amide bonds. The van der Waals surface area contributed by atoms with Gasteiger partial charge in [0.2, 0.25) is 0 Å². The molecular weight excluding hydrogens is 406 g/mol. The SMILES string of the molecule is CC(=O)c1cccc(NC(=O)c2ccccc2C(=O)c2ccc(Br)cc2)c1. The minimum absolute atomic E-state index is 0.0862. The maximum Gasteiger partial charge on any atom is 0.256 e. The molecule has 0 atom stereocenters. The number of hydrogen-bond acceptors (Lipinski definition) is 3. The smallest absolute Gasteiger partial charge is 0.256 e. The topological polar surface area (TPSA) is 63.2 Å². The highest BCUT2D eigenvalue weighted by atomic mass is 79.9. The Morgan fingerprint density at radius 2 is 1.44 bits per heavy atom. The number of hydrogen-bond donors (Lipinski definition) is 1. The van der Waals surface area contributed by atoms with Crippen LogP contribution in [-0.4, -0.2) is 17.5 Å². The van der Waals surface area contributed by atoms with E-state index in [4.69, 9.17) is 0 Å². The first-order valence-corrected chi connectivity index (χ1v) is 9.06. The molecule has 0 aromatic heterocycles. The van der Waals surface area contributed by atoms with Crippen LogP contribution in [0.5, 0.6) is 0 Å². The molecule has 0 aliphatic heterocycles. The average molecular weight is 422 g/mol. The summed E-state index contributed by atoms with van der Waals surface area (Å²) in [7, 11) is 0. The van der Waals surface area contributed by atoms with Gasteiger partial charge in [-0.05, 0) is 49.4 Å². The van der Waals surface area contributed by atoms with Crippen molar-refractivity contribution < 1.29 is 14.4 Å². The molecule has 4 nitrogen and oxygen atoms in total. The molecule has 0 radical (unpaired) electrons. The van der Waals surface area contributed by atoms with E-state index in [-0.39, 0.29) is 17.1 Å². The number of Topliss-reactive ketones (excluding diaryl/α,β-unsaturated/α-hetero) is 1. The number of nitrogens with one attached hydrogen (secondary N) is 1. The van der Waals surface area contributed by atoms with E-state index >= 15 is 0 Å². The molecule has 3 rings (SSSR count). The van der Waals surface area contributed by atoms with Gasteiger partial charge in [-0.1, -0.05) is 46.3 Å². The quantitative estimate of drug-likeness (QED) is 0.580. The van der Waals surface area contributed by atoms with Gasteiger partial charge in [-0.15, -0.1) is 0 Å². The zero-order chi connectivity index (χ0) is 19.4. The standard InChI is InChI=1S/C22H16BrNO3/c1-14(25)16-5-4-6-18(13-16)24-22(27)20-8-3-2-7-19(20)21(26)15-9-11-17(23)12-10-15/h2-13H,1H3,(H,24,27). The van der Waals surface area contributed by atoms with Gasteiger partial charge in [0.05, 0.1) is 5.56 Å². The van der Waals surface area contributed by atoms with E-state index in [0.717, 1.165) is 4.47 Å². The van der Waals surface area contributed by atoms with Crippen molar-refractivity contribution in [3.63, 3.8) is 0 Å². The van der Waals surface area contributed by atoms with Crippen molar-refractivity contribution in [1.82, 2.24) is 0 Å². The van der Waals surface area contributed by atoms with Crippen LogP contribution >= 0.6 is 15.9 Å². The van der Waals surface area contributed by atoms with E-state index < -0.39 is 5.91 Å². The number of rotatable bonds is 5. The van der Waals surface area contributed by atoms with E-state index in [2.05, 4.69) is 21.2 Å². The molecule has 1 N–H and O–H groups in total. The van der Waals surface area contributed by atoms with Crippen molar-refractivity contribution in [2.75, 3.05) is 5.32 Å². The summed E-state index contributed by atoms with van der Waals surface area (Å²) in [5.74, 6) is -0.723. The molecular formula is C22H16BrNO3. The Bertz CT molecular complexity index is 1030. The Morgan fingerprint density at radius 3 is 2.11 bits per heavy atom. The number of halogens is 1. The zero-order valence-electron chi connectivity index (χ0n) is 14.5. The van der Waals surface area contributed by atoms with Crippen molar-refractivity contribution in [3.8, 4) is 0 Å². The number of carbonyl (C=O) groups excluding carboxylic acids is 3. The molecule has 0 saturated heterocycles. The third-order valence-electron chi connectivity index (χ3n) is 4.05. The minimum atomic E-state index is -0.406. The summed E-state index contributed by atoms with van der Waals surface area (Å²) in [6.07, 6.45) is 0. The summed E-state index contributed by atoms with van der Waals surface area (Å²) in [5, 5.41) is 2.76. The van der Waals surface area contributed by atoms with Crippen molar-refractivity contribution in [2.24, 2.45) is 0 Å². The summed E-state index contributed by atoms with van der Waals surface area (Å²) in [5.41, 5.74) is 2.10. The Labute approximate surface area is 165 Å². The monoisotopic (exact) mass is 421 g/mol. The van der Waals surface area contributed by atoms with E-state index in [1.54, 1.807) is 72.8 Å². The first kappa shape index (κ1) is 18.7. The third kappa shape index (κ3) is 4.38. The number of amides is 1. The van der Waals surface area contributed by atoms with Crippen LogP contribution in [0.15, 0.2) is 77.3 Å². The van der Waals surface area contributed by atoms with Gasteiger partial charge in [-0.3, -0.25) is 14.4 Å². The molecule has 134 valence electrons. The molecule has 0 saturated carbocycles. The lowest BCUT2D eigenvalue weighted by Crippen LogP contribution is -2.17. The van der Waals surface area contributed by atoms with Gasteiger partial charge in [0.25, 0.3) is 5.91 Å². The van der Waals surface area contributed by atoms with Crippen LogP contribution in [0.4, 0.5) is 5.69 Å². The number of ketones is 2. The van der Waals surface area contributed by atoms with Gasteiger partial charge in [0.1, 0.15) is 0 Å². The zero-order valence-corrected chi connectivity index (χ0v) is 16.1. The fourth-order valence-electron chi connectivity index (χ4n) is 2.65. The second-order valence-corrected chi connectivity index (χ2v) is 6.89. The van der Waals surface area contributed by atoms with Crippen LogP contribution in [0.1, 0.15) is 43.6 Å². The van der Waals surface area contributed by atoms with Crippen LogP contribution in [0, 0.1) is 0 Å². The van der Waals surface area contributed by atoms with Gasteiger partial charge in [0.15, 0.2) is 11.6 Å². The van der Waals surface area contributed by atoms with Crippen molar-refractivity contribution >= 4 is 39.1 Å². The molecule has 3 aromatic carbocycles. The number of anilines is 1. The number of benzene rings is 3. The normalized spacial score (nSPS) is 10.3. The summed E-state index contributed by atoms with van der Waals surface area (Å²) in [4.78, 5) is 37.1.